The first kappa shape index (κ1) is 18.3. The van der Waals surface area contributed by atoms with Crippen molar-refractivity contribution in [2.45, 2.75) is 19.9 Å². The third kappa shape index (κ3) is 4.35. The number of benzene rings is 1. The van der Waals surface area contributed by atoms with E-state index in [9.17, 15) is 9.18 Å². The standard InChI is InChI=1S/C19H23FN4O2/c1-14-21-11-15(12-22-14)13-23-6-3-7-24(9-8-23)19(25)16-4-5-18(26-2)17(20)10-16/h4-5,10-12H,3,6-9,13H2,1-2H3. The van der Waals surface area contributed by atoms with Crippen LogP contribution in [0.25, 0.3) is 0 Å². The van der Waals surface area contributed by atoms with Crippen molar-refractivity contribution in [3.63, 3.8) is 0 Å². The SMILES string of the molecule is COc1ccc(C(=O)N2CCCN(Cc3cnc(C)nc3)CC2)cc1F. The summed E-state index contributed by atoms with van der Waals surface area (Å²) >= 11 is 0. The van der Waals surface area contributed by atoms with E-state index in [-0.39, 0.29) is 11.7 Å². The zero-order valence-electron chi connectivity index (χ0n) is 15.1. The molecular formula is C19H23FN4O2. The normalized spacial score (nSPS) is 15.6. The number of carbonyl (C=O) groups excluding carboxylic acids is 1. The Kier molecular flexibility index (Phi) is 5.78. The molecule has 0 aliphatic carbocycles. The van der Waals surface area contributed by atoms with Crippen molar-refractivity contribution >= 4 is 5.91 Å². The molecule has 0 atom stereocenters. The molecule has 2 aromatic rings. The average Bonchev–Trinajstić information content (AvgIpc) is 2.88. The summed E-state index contributed by atoms with van der Waals surface area (Å²) in [4.78, 5) is 25.2. The highest BCUT2D eigenvalue weighted by molar-refractivity contribution is 5.94. The van der Waals surface area contributed by atoms with E-state index in [4.69, 9.17) is 4.74 Å². The number of carbonyl (C=O) groups is 1. The van der Waals surface area contributed by atoms with E-state index in [1.165, 1.54) is 19.2 Å². The van der Waals surface area contributed by atoms with E-state index in [1.54, 1.807) is 11.0 Å². The van der Waals surface area contributed by atoms with Gasteiger partial charge in [0.05, 0.1) is 7.11 Å². The van der Waals surface area contributed by atoms with Crippen LogP contribution in [0.5, 0.6) is 5.75 Å². The lowest BCUT2D eigenvalue weighted by Gasteiger charge is -2.22. The Hall–Kier alpha value is -2.54. The largest absolute Gasteiger partial charge is 0.494 e. The van der Waals surface area contributed by atoms with Crippen LogP contribution < -0.4 is 4.74 Å². The van der Waals surface area contributed by atoms with Crippen molar-refractivity contribution in [2.75, 3.05) is 33.3 Å². The van der Waals surface area contributed by atoms with E-state index in [0.717, 1.165) is 37.4 Å². The Morgan fingerprint density at radius 3 is 2.65 bits per heavy atom. The highest BCUT2D eigenvalue weighted by atomic mass is 19.1. The highest BCUT2D eigenvalue weighted by Gasteiger charge is 2.21. The molecule has 1 amide bonds. The number of ether oxygens (including phenoxy) is 1. The van der Waals surface area contributed by atoms with Crippen molar-refractivity contribution in [1.82, 2.24) is 19.8 Å². The molecule has 1 fully saturated rings. The lowest BCUT2D eigenvalue weighted by Crippen LogP contribution is -2.35. The number of nitrogens with zero attached hydrogens (tertiary/aromatic N) is 4. The molecule has 0 saturated carbocycles. The van der Waals surface area contributed by atoms with Gasteiger partial charge < -0.3 is 9.64 Å². The predicted octanol–water partition coefficient (Wildman–Crippen LogP) is 2.28. The minimum atomic E-state index is -0.519. The Bertz CT molecular complexity index is 767. The van der Waals surface area contributed by atoms with Crippen LogP contribution in [-0.2, 0) is 6.54 Å². The zero-order chi connectivity index (χ0) is 18.5. The highest BCUT2D eigenvalue weighted by Crippen LogP contribution is 2.19. The molecule has 0 unspecified atom stereocenters. The van der Waals surface area contributed by atoms with E-state index in [2.05, 4.69) is 14.9 Å². The van der Waals surface area contributed by atoms with Gasteiger partial charge in [0.2, 0.25) is 0 Å². The summed E-state index contributed by atoms with van der Waals surface area (Å²) in [6, 6.07) is 4.34. The molecule has 1 saturated heterocycles. The Labute approximate surface area is 152 Å². The summed E-state index contributed by atoms with van der Waals surface area (Å²) in [5.74, 6) is 0.235. The molecule has 0 bridgehead atoms. The predicted molar refractivity (Wildman–Crippen MR) is 95.5 cm³/mol. The first-order chi connectivity index (χ1) is 12.6. The summed E-state index contributed by atoms with van der Waals surface area (Å²) in [5.41, 5.74) is 1.41. The first-order valence-electron chi connectivity index (χ1n) is 8.69. The summed E-state index contributed by atoms with van der Waals surface area (Å²) < 4.78 is 18.8. The van der Waals surface area contributed by atoms with Gasteiger partial charge in [0, 0.05) is 56.2 Å². The minimum absolute atomic E-state index is 0.143. The van der Waals surface area contributed by atoms with Crippen molar-refractivity contribution in [3.8, 4) is 5.75 Å². The number of aromatic nitrogens is 2. The Morgan fingerprint density at radius 1 is 1.19 bits per heavy atom. The van der Waals surface area contributed by atoms with E-state index >= 15 is 0 Å². The van der Waals surface area contributed by atoms with Crippen molar-refractivity contribution in [3.05, 3.63) is 53.4 Å². The van der Waals surface area contributed by atoms with Crippen molar-refractivity contribution in [1.29, 1.82) is 0 Å². The van der Waals surface area contributed by atoms with Gasteiger partial charge in [0.15, 0.2) is 11.6 Å². The molecule has 6 nitrogen and oxygen atoms in total. The molecule has 3 rings (SSSR count). The number of rotatable bonds is 4. The second-order valence-electron chi connectivity index (χ2n) is 6.41. The molecule has 1 aliphatic heterocycles. The molecule has 0 N–H and O–H groups in total. The van der Waals surface area contributed by atoms with Gasteiger partial charge in [-0.25, -0.2) is 14.4 Å². The molecule has 0 spiro atoms. The summed E-state index contributed by atoms with van der Waals surface area (Å²) in [7, 11) is 1.41. The van der Waals surface area contributed by atoms with Crippen LogP contribution in [0.15, 0.2) is 30.6 Å². The van der Waals surface area contributed by atoms with Gasteiger partial charge in [0.1, 0.15) is 5.82 Å². The number of hydrogen-bond acceptors (Lipinski definition) is 5. The maximum absolute atomic E-state index is 13.9. The molecule has 7 heteroatoms. The van der Waals surface area contributed by atoms with Crippen LogP contribution in [0, 0.1) is 12.7 Å². The van der Waals surface area contributed by atoms with Gasteiger partial charge in [-0.15, -0.1) is 0 Å². The number of halogens is 1. The number of methoxy groups -OCH3 is 1. The number of amides is 1. The van der Waals surface area contributed by atoms with Crippen LogP contribution in [0.4, 0.5) is 4.39 Å². The third-order valence-corrected chi connectivity index (χ3v) is 4.52. The summed E-state index contributed by atoms with van der Waals surface area (Å²) in [5, 5.41) is 0. The van der Waals surface area contributed by atoms with Crippen LogP contribution in [0.2, 0.25) is 0 Å². The second-order valence-corrected chi connectivity index (χ2v) is 6.41. The van der Waals surface area contributed by atoms with Crippen molar-refractivity contribution in [2.24, 2.45) is 0 Å². The fourth-order valence-corrected chi connectivity index (χ4v) is 3.07. The number of hydrogen-bond donors (Lipinski definition) is 0. The summed E-state index contributed by atoms with van der Waals surface area (Å²) in [6.45, 7) is 5.56. The van der Waals surface area contributed by atoms with E-state index in [1.807, 2.05) is 19.3 Å². The average molecular weight is 358 g/mol. The van der Waals surface area contributed by atoms with Crippen molar-refractivity contribution < 1.29 is 13.9 Å². The molecule has 26 heavy (non-hydrogen) atoms. The van der Waals surface area contributed by atoms with Gasteiger partial charge in [-0.2, -0.15) is 0 Å². The van der Waals surface area contributed by atoms with Crippen LogP contribution in [-0.4, -0.2) is 59.0 Å². The Balaban J connectivity index is 1.61. The third-order valence-electron chi connectivity index (χ3n) is 4.52. The van der Waals surface area contributed by atoms with Gasteiger partial charge in [-0.05, 0) is 31.5 Å². The van der Waals surface area contributed by atoms with Crippen LogP contribution in [0.1, 0.15) is 28.2 Å². The van der Waals surface area contributed by atoms with E-state index < -0.39 is 5.82 Å². The monoisotopic (exact) mass is 358 g/mol. The Morgan fingerprint density at radius 2 is 1.96 bits per heavy atom. The van der Waals surface area contributed by atoms with Gasteiger partial charge in [-0.1, -0.05) is 0 Å². The molecule has 1 aromatic heterocycles. The van der Waals surface area contributed by atoms with Gasteiger partial charge >= 0.3 is 0 Å². The van der Waals surface area contributed by atoms with E-state index in [0.29, 0.717) is 18.7 Å². The molecule has 1 aliphatic rings. The van der Waals surface area contributed by atoms with Crippen LogP contribution in [0.3, 0.4) is 0 Å². The number of aryl methyl sites for hydroxylation is 1. The molecule has 1 aromatic carbocycles. The van der Waals surface area contributed by atoms with Crippen LogP contribution >= 0.6 is 0 Å². The topological polar surface area (TPSA) is 58.6 Å². The first-order valence-corrected chi connectivity index (χ1v) is 8.69. The maximum atomic E-state index is 13.9. The quantitative estimate of drug-likeness (QED) is 0.839. The fraction of sp³-hybridized carbons (Fsp3) is 0.421. The fourth-order valence-electron chi connectivity index (χ4n) is 3.07. The lowest BCUT2D eigenvalue weighted by atomic mass is 10.1. The molecule has 0 radical (unpaired) electrons. The second kappa shape index (κ2) is 8.23. The smallest absolute Gasteiger partial charge is 0.254 e. The minimum Gasteiger partial charge on any atom is -0.494 e. The zero-order valence-corrected chi connectivity index (χ0v) is 15.1. The maximum Gasteiger partial charge on any atom is 0.254 e. The van der Waals surface area contributed by atoms with Gasteiger partial charge in [0.25, 0.3) is 5.91 Å². The molecule has 138 valence electrons. The summed E-state index contributed by atoms with van der Waals surface area (Å²) in [6.07, 6.45) is 4.56. The molecule has 2 heterocycles. The molecular weight excluding hydrogens is 335 g/mol. The van der Waals surface area contributed by atoms with Gasteiger partial charge in [-0.3, -0.25) is 9.69 Å². The lowest BCUT2D eigenvalue weighted by molar-refractivity contribution is 0.0760.